The second-order valence-electron chi connectivity index (χ2n) is 6.15. The molecule has 2 amide bonds. The molecule has 138 valence electrons. The summed E-state index contributed by atoms with van der Waals surface area (Å²) in [4.78, 5) is 26.2. The fourth-order valence-electron chi connectivity index (χ4n) is 3.02. The van der Waals surface area contributed by atoms with Gasteiger partial charge in [0.05, 0.1) is 32.9 Å². The van der Waals surface area contributed by atoms with Gasteiger partial charge in [0.2, 0.25) is 11.8 Å². The van der Waals surface area contributed by atoms with E-state index in [1.807, 2.05) is 18.2 Å². The van der Waals surface area contributed by atoms with Crippen molar-refractivity contribution in [2.75, 3.05) is 20.8 Å². The molecule has 1 aromatic heterocycles. The predicted molar refractivity (Wildman–Crippen MR) is 93.6 cm³/mol. The van der Waals surface area contributed by atoms with Gasteiger partial charge < -0.3 is 24.1 Å². The van der Waals surface area contributed by atoms with Crippen LogP contribution in [-0.2, 0) is 22.7 Å². The number of hydrogen-bond donors (Lipinski definition) is 1. The number of nitrogens with zero attached hydrogens (tertiary/aromatic N) is 1. The van der Waals surface area contributed by atoms with Crippen LogP contribution in [0.5, 0.6) is 11.5 Å². The predicted octanol–water partition coefficient (Wildman–Crippen LogP) is 1.96. The summed E-state index contributed by atoms with van der Waals surface area (Å²) in [6, 6.07) is 9.03. The van der Waals surface area contributed by atoms with E-state index < -0.39 is 0 Å². The second-order valence-corrected chi connectivity index (χ2v) is 6.15. The Balaban J connectivity index is 1.56. The van der Waals surface area contributed by atoms with Gasteiger partial charge in [-0.05, 0) is 24.3 Å². The fraction of sp³-hybridized carbons (Fsp3) is 0.368. The Hall–Kier alpha value is -2.96. The third-order valence-electron chi connectivity index (χ3n) is 4.46. The molecule has 1 N–H and O–H groups in total. The first-order chi connectivity index (χ1) is 12.6. The van der Waals surface area contributed by atoms with Crippen molar-refractivity contribution in [2.45, 2.75) is 19.5 Å². The number of carbonyl (C=O) groups excluding carboxylic acids is 2. The zero-order chi connectivity index (χ0) is 18.5. The van der Waals surface area contributed by atoms with E-state index in [4.69, 9.17) is 13.9 Å². The molecule has 0 bridgehead atoms. The summed E-state index contributed by atoms with van der Waals surface area (Å²) < 4.78 is 15.8. The molecule has 0 saturated carbocycles. The number of amides is 2. The van der Waals surface area contributed by atoms with Crippen LogP contribution in [0.3, 0.4) is 0 Å². The average molecular weight is 358 g/mol. The van der Waals surface area contributed by atoms with Crippen molar-refractivity contribution in [3.05, 3.63) is 47.9 Å². The molecular weight excluding hydrogens is 336 g/mol. The van der Waals surface area contributed by atoms with E-state index in [0.717, 1.165) is 5.56 Å². The molecule has 7 nitrogen and oxygen atoms in total. The minimum atomic E-state index is -0.360. The molecule has 2 heterocycles. The van der Waals surface area contributed by atoms with Crippen LogP contribution < -0.4 is 14.8 Å². The number of carbonyl (C=O) groups is 2. The highest BCUT2D eigenvalue weighted by Gasteiger charge is 2.34. The summed E-state index contributed by atoms with van der Waals surface area (Å²) in [7, 11) is 3.16. The molecule has 2 aromatic rings. The molecule has 26 heavy (non-hydrogen) atoms. The van der Waals surface area contributed by atoms with Gasteiger partial charge in [-0.15, -0.1) is 0 Å². The Bertz CT molecular complexity index is 772. The van der Waals surface area contributed by atoms with Crippen molar-refractivity contribution >= 4 is 11.8 Å². The van der Waals surface area contributed by atoms with Crippen molar-refractivity contribution in [1.82, 2.24) is 10.2 Å². The van der Waals surface area contributed by atoms with Crippen LogP contribution >= 0.6 is 0 Å². The van der Waals surface area contributed by atoms with Gasteiger partial charge >= 0.3 is 0 Å². The Morgan fingerprint density at radius 2 is 2.15 bits per heavy atom. The van der Waals surface area contributed by atoms with Crippen molar-refractivity contribution in [3.8, 4) is 11.5 Å². The molecule has 1 atom stereocenters. The maximum atomic E-state index is 12.5. The Labute approximate surface area is 151 Å². The van der Waals surface area contributed by atoms with Gasteiger partial charge in [-0.25, -0.2) is 0 Å². The number of likely N-dealkylation sites (tertiary alicyclic amines) is 1. The Kier molecular flexibility index (Phi) is 5.46. The van der Waals surface area contributed by atoms with Gasteiger partial charge in [0.1, 0.15) is 17.3 Å². The van der Waals surface area contributed by atoms with E-state index >= 15 is 0 Å². The lowest BCUT2D eigenvalue weighted by Crippen LogP contribution is -2.32. The summed E-state index contributed by atoms with van der Waals surface area (Å²) in [5.74, 6) is 1.50. The van der Waals surface area contributed by atoms with E-state index in [0.29, 0.717) is 36.9 Å². The minimum absolute atomic E-state index is 0.0384. The van der Waals surface area contributed by atoms with E-state index in [1.54, 1.807) is 37.5 Å². The zero-order valence-corrected chi connectivity index (χ0v) is 14.9. The quantitative estimate of drug-likeness (QED) is 0.818. The molecule has 0 radical (unpaired) electrons. The highest BCUT2D eigenvalue weighted by atomic mass is 16.5. The van der Waals surface area contributed by atoms with Crippen LogP contribution in [0.4, 0.5) is 0 Å². The van der Waals surface area contributed by atoms with E-state index in [-0.39, 0.29) is 24.2 Å². The Morgan fingerprint density at radius 1 is 1.31 bits per heavy atom. The van der Waals surface area contributed by atoms with Crippen molar-refractivity contribution in [3.63, 3.8) is 0 Å². The monoisotopic (exact) mass is 358 g/mol. The number of rotatable bonds is 7. The molecule has 1 saturated heterocycles. The maximum absolute atomic E-state index is 12.5. The SMILES string of the molecule is COc1ccc(CNC(=O)C2CC(=O)N(Cc3ccco3)C2)c(OC)c1. The molecule has 1 aliphatic rings. The minimum Gasteiger partial charge on any atom is -0.497 e. The highest BCUT2D eigenvalue weighted by Crippen LogP contribution is 2.25. The summed E-state index contributed by atoms with van der Waals surface area (Å²) in [5, 5.41) is 2.89. The van der Waals surface area contributed by atoms with Crippen molar-refractivity contribution in [1.29, 1.82) is 0 Å². The zero-order valence-electron chi connectivity index (χ0n) is 14.9. The smallest absolute Gasteiger partial charge is 0.225 e. The molecule has 1 fully saturated rings. The average Bonchev–Trinajstić information content (AvgIpc) is 3.30. The third-order valence-corrected chi connectivity index (χ3v) is 4.46. The van der Waals surface area contributed by atoms with E-state index in [2.05, 4.69) is 5.32 Å². The van der Waals surface area contributed by atoms with Crippen LogP contribution in [-0.4, -0.2) is 37.5 Å². The van der Waals surface area contributed by atoms with Crippen molar-refractivity contribution in [2.24, 2.45) is 5.92 Å². The standard InChI is InChI=1S/C19H22N2O5/c1-24-15-6-5-13(17(9-15)25-2)10-20-19(23)14-8-18(22)21(11-14)12-16-4-3-7-26-16/h3-7,9,14H,8,10-12H2,1-2H3,(H,20,23). The van der Waals surface area contributed by atoms with Gasteiger partial charge in [0.15, 0.2) is 0 Å². The van der Waals surface area contributed by atoms with E-state index in [9.17, 15) is 9.59 Å². The largest absolute Gasteiger partial charge is 0.497 e. The maximum Gasteiger partial charge on any atom is 0.225 e. The molecule has 1 aliphatic heterocycles. The molecule has 0 aliphatic carbocycles. The Morgan fingerprint density at radius 3 is 2.85 bits per heavy atom. The van der Waals surface area contributed by atoms with Crippen molar-refractivity contribution < 1.29 is 23.5 Å². The first kappa shape index (κ1) is 17.8. The third kappa shape index (κ3) is 3.99. The lowest BCUT2D eigenvalue weighted by molar-refractivity contribution is -0.129. The molecule has 1 aromatic carbocycles. The number of ether oxygens (including phenoxy) is 2. The van der Waals surface area contributed by atoms with E-state index in [1.165, 1.54) is 0 Å². The van der Waals surface area contributed by atoms with Gasteiger partial charge in [-0.1, -0.05) is 0 Å². The van der Waals surface area contributed by atoms with Crippen LogP contribution in [0.15, 0.2) is 41.0 Å². The lowest BCUT2D eigenvalue weighted by Gasteiger charge is -2.15. The second kappa shape index (κ2) is 7.95. The first-order valence-electron chi connectivity index (χ1n) is 8.39. The summed E-state index contributed by atoms with van der Waals surface area (Å²) in [6.45, 7) is 1.11. The molecule has 3 rings (SSSR count). The molecular formula is C19H22N2O5. The van der Waals surface area contributed by atoms with Crippen LogP contribution in [0.25, 0.3) is 0 Å². The summed E-state index contributed by atoms with van der Waals surface area (Å²) >= 11 is 0. The number of methoxy groups -OCH3 is 2. The molecule has 0 spiro atoms. The number of nitrogens with one attached hydrogen (secondary N) is 1. The van der Waals surface area contributed by atoms with Crippen LogP contribution in [0.1, 0.15) is 17.7 Å². The van der Waals surface area contributed by atoms with Gasteiger partial charge in [0, 0.05) is 31.1 Å². The number of furan rings is 1. The normalized spacial score (nSPS) is 16.6. The first-order valence-corrected chi connectivity index (χ1v) is 8.39. The number of hydrogen-bond acceptors (Lipinski definition) is 5. The lowest BCUT2D eigenvalue weighted by atomic mass is 10.1. The fourth-order valence-corrected chi connectivity index (χ4v) is 3.02. The van der Waals surface area contributed by atoms with Gasteiger partial charge in [-0.2, -0.15) is 0 Å². The highest BCUT2D eigenvalue weighted by molar-refractivity contribution is 5.89. The topological polar surface area (TPSA) is 81.0 Å². The summed E-state index contributed by atoms with van der Waals surface area (Å²) in [5.41, 5.74) is 0.846. The molecule has 1 unspecified atom stereocenters. The van der Waals surface area contributed by atoms with Crippen LogP contribution in [0.2, 0.25) is 0 Å². The summed E-state index contributed by atoms with van der Waals surface area (Å²) in [6.07, 6.45) is 1.79. The number of benzene rings is 1. The van der Waals surface area contributed by atoms with Crippen LogP contribution in [0, 0.1) is 5.92 Å². The molecule has 7 heteroatoms. The van der Waals surface area contributed by atoms with Gasteiger partial charge in [0.25, 0.3) is 0 Å². The van der Waals surface area contributed by atoms with Gasteiger partial charge in [-0.3, -0.25) is 9.59 Å².